The van der Waals surface area contributed by atoms with Gasteiger partial charge in [-0.25, -0.2) is 4.79 Å². The number of amides is 1. The first-order chi connectivity index (χ1) is 10.6. The molecule has 2 atom stereocenters. The molecule has 0 saturated heterocycles. The lowest BCUT2D eigenvalue weighted by Gasteiger charge is -2.31. The molecule has 1 rings (SSSR count). The molecular weight excluding hydrogens is 309 g/mol. The predicted molar refractivity (Wildman–Crippen MR) is 83.3 cm³/mol. The fraction of sp³-hybridized carbons (Fsp3) is 0.938. The maximum absolute atomic E-state index is 12.1. The van der Waals surface area contributed by atoms with Crippen LogP contribution in [0.3, 0.4) is 0 Å². The lowest BCUT2D eigenvalue weighted by molar-refractivity contribution is -0.135. The number of carbonyl (C=O) groups is 1. The summed E-state index contributed by atoms with van der Waals surface area (Å²) in [6.07, 6.45) is -0.845. The van der Waals surface area contributed by atoms with Crippen LogP contribution < -0.4 is 10.6 Å². The van der Waals surface area contributed by atoms with Crippen molar-refractivity contribution in [2.45, 2.75) is 89.6 Å². The second kappa shape index (κ2) is 8.76. The van der Waals surface area contributed by atoms with Crippen LogP contribution in [0.2, 0.25) is 0 Å². The molecular formula is C16H29F3N2O2. The fourth-order valence-corrected chi connectivity index (χ4v) is 2.74. The first-order valence-electron chi connectivity index (χ1n) is 8.35. The summed E-state index contributed by atoms with van der Waals surface area (Å²) >= 11 is 0. The molecule has 0 spiro atoms. The largest absolute Gasteiger partial charge is 0.444 e. The molecule has 0 aromatic heterocycles. The zero-order chi connectivity index (χ0) is 17.5. The quantitative estimate of drug-likeness (QED) is 0.716. The van der Waals surface area contributed by atoms with Crippen LogP contribution in [0.4, 0.5) is 18.0 Å². The SMILES string of the molecule is CC(C)(C)OC(=O)NC1CCCC(NCCCCC(F)(F)F)C1. The second-order valence-corrected chi connectivity index (χ2v) is 7.23. The summed E-state index contributed by atoms with van der Waals surface area (Å²) in [5, 5.41) is 6.18. The summed E-state index contributed by atoms with van der Waals surface area (Å²) in [6, 6.07) is 0.306. The predicted octanol–water partition coefficient (Wildman–Crippen LogP) is 4.14. The molecule has 0 radical (unpaired) electrons. The van der Waals surface area contributed by atoms with Gasteiger partial charge in [-0.05, 0) is 65.8 Å². The van der Waals surface area contributed by atoms with E-state index in [4.69, 9.17) is 4.74 Å². The molecule has 4 nitrogen and oxygen atoms in total. The Morgan fingerprint density at radius 2 is 1.78 bits per heavy atom. The normalized spacial score (nSPS) is 22.7. The van der Waals surface area contributed by atoms with E-state index in [9.17, 15) is 18.0 Å². The molecule has 1 amide bonds. The van der Waals surface area contributed by atoms with Crippen molar-refractivity contribution in [1.82, 2.24) is 10.6 Å². The summed E-state index contributed by atoms with van der Waals surface area (Å²) in [5.74, 6) is 0. The van der Waals surface area contributed by atoms with Crippen molar-refractivity contribution >= 4 is 6.09 Å². The van der Waals surface area contributed by atoms with Gasteiger partial charge in [0.05, 0.1) is 0 Å². The first kappa shape index (κ1) is 20.1. The summed E-state index contributed by atoms with van der Waals surface area (Å²) in [6.45, 7) is 6.04. The minimum Gasteiger partial charge on any atom is -0.444 e. The minimum atomic E-state index is -4.06. The number of carbonyl (C=O) groups excluding carboxylic acids is 1. The van der Waals surface area contributed by atoms with Crippen molar-refractivity contribution in [2.75, 3.05) is 6.54 Å². The number of ether oxygens (including phenoxy) is 1. The fourth-order valence-electron chi connectivity index (χ4n) is 2.74. The van der Waals surface area contributed by atoms with Crippen LogP contribution in [0.5, 0.6) is 0 Å². The highest BCUT2D eigenvalue weighted by Gasteiger charge is 2.27. The Hall–Kier alpha value is -0.980. The van der Waals surface area contributed by atoms with Crippen LogP contribution in [0.15, 0.2) is 0 Å². The van der Waals surface area contributed by atoms with Gasteiger partial charge in [-0.2, -0.15) is 13.2 Å². The van der Waals surface area contributed by atoms with Crippen molar-refractivity contribution in [2.24, 2.45) is 0 Å². The van der Waals surface area contributed by atoms with Gasteiger partial charge in [0.1, 0.15) is 5.60 Å². The Morgan fingerprint density at radius 1 is 1.13 bits per heavy atom. The number of halogens is 3. The lowest BCUT2D eigenvalue weighted by atomic mass is 9.91. The van der Waals surface area contributed by atoms with Gasteiger partial charge >= 0.3 is 12.3 Å². The van der Waals surface area contributed by atoms with E-state index in [1.165, 1.54) is 0 Å². The third kappa shape index (κ3) is 10.4. The maximum Gasteiger partial charge on any atom is 0.407 e. The molecule has 1 aliphatic carbocycles. The van der Waals surface area contributed by atoms with Gasteiger partial charge < -0.3 is 15.4 Å². The molecule has 1 saturated carbocycles. The number of hydrogen-bond donors (Lipinski definition) is 2. The van der Waals surface area contributed by atoms with Gasteiger partial charge in [-0.1, -0.05) is 0 Å². The Bertz CT molecular complexity index is 367. The van der Waals surface area contributed by atoms with E-state index in [0.29, 0.717) is 13.0 Å². The Morgan fingerprint density at radius 3 is 2.39 bits per heavy atom. The van der Waals surface area contributed by atoms with Crippen LogP contribution in [0.1, 0.15) is 65.7 Å². The van der Waals surface area contributed by atoms with E-state index in [-0.39, 0.29) is 18.5 Å². The third-order valence-corrected chi connectivity index (χ3v) is 3.72. The number of nitrogens with one attached hydrogen (secondary N) is 2. The minimum absolute atomic E-state index is 0.0614. The molecule has 23 heavy (non-hydrogen) atoms. The topological polar surface area (TPSA) is 50.4 Å². The summed E-state index contributed by atoms with van der Waals surface area (Å²) < 4.78 is 41.4. The molecule has 2 N–H and O–H groups in total. The highest BCUT2D eigenvalue weighted by Crippen LogP contribution is 2.22. The van der Waals surface area contributed by atoms with E-state index in [2.05, 4.69) is 10.6 Å². The molecule has 136 valence electrons. The van der Waals surface area contributed by atoms with E-state index >= 15 is 0 Å². The third-order valence-electron chi connectivity index (χ3n) is 3.72. The summed E-state index contributed by atoms with van der Waals surface area (Å²) in [7, 11) is 0. The lowest BCUT2D eigenvalue weighted by Crippen LogP contribution is -2.45. The average Bonchev–Trinajstić information content (AvgIpc) is 2.35. The van der Waals surface area contributed by atoms with Gasteiger partial charge in [0, 0.05) is 18.5 Å². The van der Waals surface area contributed by atoms with Gasteiger partial charge in [-0.15, -0.1) is 0 Å². The molecule has 7 heteroatoms. The van der Waals surface area contributed by atoms with Crippen molar-refractivity contribution < 1.29 is 22.7 Å². The van der Waals surface area contributed by atoms with Gasteiger partial charge in [-0.3, -0.25) is 0 Å². The molecule has 0 aliphatic heterocycles. The van der Waals surface area contributed by atoms with Crippen LogP contribution >= 0.6 is 0 Å². The molecule has 0 heterocycles. The number of alkyl carbamates (subject to hydrolysis) is 1. The van der Waals surface area contributed by atoms with E-state index in [0.717, 1.165) is 25.7 Å². The Kier molecular flexibility index (Phi) is 7.64. The van der Waals surface area contributed by atoms with Crippen molar-refractivity contribution in [1.29, 1.82) is 0 Å². The second-order valence-electron chi connectivity index (χ2n) is 7.23. The van der Waals surface area contributed by atoms with Crippen molar-refractivity contribution in [3.63, 3.8) is 0 Å². The average molecular weight is 338 g/mol. The van der Waals surface area contributed by atoms with Gasteiger partial charge in [0.25, 0.3) is 0 Å². The molecule has 1 aliphatic rings. The van der Waals surface area contributed by atoms with Crippen LogP contribution in [0.25, 0.3) is 0 Å². The van der Waals surface area contributed by atoms with Gasteiger partial charge in [0.15, 0.2) is 0 Å². The first-order valence-corrected chi connectivity index (χ1v) is 8.35. The number of unbranched alkanes of at least 4 members (excludes halogenated alkanes) is 1. The van der Waals surface area contributed by atoms with E-state index in [1.54, 1.807) is 0 Å². The number of alkyl halides is 3. The van der Waals surface area contributed by atoms with Crippen LogP contribution in [0, 0.1) is 0 Å². The molecule has 0 bridgehead atoms. The molecule has 1 fully saturated rings. The highest BCUT2D eigenvalue weighted by atomic mass is 19.4. The summed E-state index contributed by atoms with van der Waals surface area (Å²) in [5.41, 5.74) is -0.519. The number of rotatable bonds is 6. The Labute approximate surface area is 136 Å². The molecule has 0 aromatic carbocycles. The standard InChI is InChI=1S/C16H29F3N2O2/c1-15(2,3)23-14(22)21-13-8-6-7-12(11-13)20-10-5-4-9-16(17,18)19/h12-13,20H,4-11H2,1-3H3,(H,21,22). The maximum atomic E-state index is 12.1. The van der Waals surface area contributed by atoms with Gasteiger partial charge in [0.2, 0.25) is 0 Å². The van der Waals surface area contributed by atoms with Crippen molar-refractivity contribution in [3.8, 4) is 0 Å². The highest BCUT2D eigenvalue weighted by molar-refractivity contribution is 5.68. The Balaban J connectivity index is 2.20. The van der Waals surface area contributed by atoms with E-state index < -0.39 is 24.3 Å². The van der Waals surface area contributed by atoms with Crippen molar-refractivity contribution in [3.05, 3.63) is 0 Å². The monoisotopic (exact) mass is 338 g/mol. The molecule has 0 aromatic rings. The number of hydrogen-bond acceptors (Lipinski definition) is 3. The van der Waals surface area contributed by atoms with Crippen LogP contribution in [-0.2, 0) is 4.74 Å². The van der Waals surface area contributed by atoms with E-state index in [1.807, 2.05) is 20.8 Å². The van der Waals surface area contributed by atoms with Crippen LogP contribution in [-0.4, -0.2) is 36.5 Å². The summed E-state index contributed by atoms with van der Waals surface area (Å²) in [4.78, 5) is 11.8. The molecule has 2 unspecified atom stereocenters. The smallest absolute Gasteiger partial charge is 0.407 e. The zero-order valence-corrected chi connectivity index (χ0v) is 14.3. The zero-order valence-electron chi connectivity index (χ0n) is 14.3.